The van der Waals surface area contributed by atoms with E-state index in [0.717, 1.165) is 5.56 Å². The molecule has 0 radical (unpaired) electrons. The molecule has 176 valence electrons. The number of hydrogen-bond donors (Lipinski definition) is 1. The zero-order valence-electron chi connectivity index (χ0n) is 19.3. The Morgan fingerprint density at radius 3 is 2.03 bits per heavy atom. The lowest BCUT2D eigenvalue weighted by atomic mass is 10.1. The quantitative estimate of drug-likeness (QED) is 0.499. The molecule has 0 saturated heterocycles. The third-order valence-electron chi connectivity index (χ3n) is 5.21. The van der Waals surface area contributed by atoms with Crippen molar-refractivity contribution in [3.8, 4) is 5.75 Å². The Kier molecular flexibility index (Phi) is 7.04. The molecule has 3 rings (SSSR count). The maximum absolute atomic E-state index is 13.4. The van der Waals surface area contributed by atoms with Crippen molar-refractivity contribution in [2.45, 2.75) is 37.5 Å². The molecule has 0 aliphatic carbocycles. The molecule has 0 aliphatic heterocycles. The lowest BCUT2D eigenvalue weighted by Gasteiger charge is -2.23. The average Bonchev–Trinajstić information content (AvgIpc) is 2.73. The van der Waals surface area contributed by atoms with Gasteiger partial charge in [0.15, 0.2) is 0 Å². The molecule has 0 unspecified atom stereocenters. The number of ether oxygens (including phenoxy) is 1. The number of nitrogens with zero attached hydrogens (tertiary/aromatic N) is 1. The molecule has 0 aromatic heterocycles. The third kappa shape index (κ3) is 4.99. The molecule has 0 spiro atoms. The molecule has 0 aliphatic rings. The summed E-state index contributed by atoms with van der Waals surface area (Å²) in [7, 11) is -6.56. The molecule has 0 amide bonds. The van der Waals surface area contributed by atoms with Crippen molar-refractivity contribution in [2.24, 2.45) is 0 Å². The fourth-order valence-corrected chi connectivity index (χ4v) is 6.94. The number of benzene rings is 3. The highest BCUT2D eigenvalue weighted by molar-refractivity contribution is 7.93. The lowest BCUT2D eigenvalue weighted by Crippen LogP contribution is -2.30. The first-order valence-electron chi connectivity index (χ1n) is 10.4. The standard InChI is InChI=1S/C24H28N2O5S2/c1-6-26(20-10-8-7-9-11-20)33(29,30)21-12-13-23(31-5)22(16-21)25-32(27,28)24-18(3)14-17(2)15-19(24)4/h7-16,25H,6H2,1-5H3. The second kappa shape index (κ2) is 9.44. The summed E-state index contributed by atoms with van der Waals surface area (Å²) in [5.74, 6) is 0.211. The number of hydrogen-bond acceptors (Lipinski definition) is 5. The van der Waals surface area contributed by atoms with Crippen LogP contribution >= 0.6 is 0 Å². The van der Waals surface area contributed by atoms with Gasteiger partial charge in [0.1, 0.15) is 5.75 Å². The highest BCUT2D eigenvalue weighted by Crippen LogP contribution is 2.33. The van der Waals surface area contributed by atoms with Crippen molar-refractivity contribution in [3.63, 3.8) is 0 Å². The molecule has 0 bridgehead atoms. The molecular formula is C24H28N2O5S2. The van der Waals surface area contributed by atoms with Crippen molar-refractivity contribution in [3.05, 3.63) is 77.4 Å². The third-order valence-corrected chi connectivity index (χ3v) is 8.78. The number of aryl methyl sites for hydroxylation is 3. The first kappa shape index (κ1) is 24.6. The Balaban J connectivity index is 2.08. The summed E-state index contributed by atoms with van der Waals surface area (Å²) in [5, 5.41) is 0. The average molecular weight is 489 g/mol. The molecule has 1 N–H and O–H groups in total. The minimum atomic E-state index is -4.00. The van der Waals surface area contributed by atoms with E-state index in [1.54, 1.807) is 63.2 Å². The van der Waals surface area contributed by atoms with Crippen LogP contribution in [0, 0.1) is 20.8 Å². The second-order valence-corrected chi connectivity index (χ2v) is 11.2. The number of nitrogens with one attached hydrogen (secondary N) is 1. The zero-order chi connectivity index (χ0) is 24.4. The summed E-state index contributed by atoms with van der Waals surface area (Å²) in [5.41, 5.74) is 2.72. The summed E-state index contributed by atoms with van der Waals surface area (Å²) in [6.07, 6.45) is 0. The SMILES string of the molecule is CCN(c1ccccc1)S(=O)(=O)c1ccc(OC)c(NS(=O)(=O)c2c(C)cc(C)cc2C)c1. The minimum Gasteiger partial charge on any atom is -0.495 e. The van der Waals surface area contributed by atoms with Gasteiger partial charge in [0, 0.05) is 6.54 Å². The first-order valence-corrected chi connectivity index (χ1v) is 13.3. The summed E-state index contributed by atoms with van der Waals surface area (Å²) in [6.45, 7) is 7.30. The van der Waals surface area contributed by atoms with Gasteiger partial charge in [-0.3, -0.25) is 9.03 Å². The molecule has 0 heterocycles. The summed E-state index contributed by atoms with van der Waals surface area (Å²) < 4.78 is 62.5. The molecule has 0 atom stereocenters. The summed E-state index contributed by atoms with van der Waals surface area (Å²) in [6, 6.07) is 16.4. The molecule has 3 aromatic carbocycles. The Bertz CT molecular complexity index is 1350. The van der Waals surface area contributed by atoms with Crippen LogP contribution in [0.5, 0.6) is 5.75 Å². The van der Waals surface area contributed by atoms with E-state index >= 15 is 0 Å². The van der Waals surface area contributed by atoms with Crippen LogP contribution in [-0.4, -0.2) is 30.5 Å². The maximum atomic E-state index is 13.4. The molecular weight excluding hydrogens is 460 g/mol. The molecule has 0 fully saturated rings. The van der Waals surface area contributed by atoms with Gasteiger partial charge in [0.25, 0.3) is 20.0 Å². The van der Waals surface area contributed by atoms with Crippen LogP contribution in [-0.2, 0) is 20.0 Å². The number of para-hydroxylation sites is 1. The van der Waals surface area contributed by atoms with Gasteiger partial charge in [-0.2, -0.15) is 0 Å². The van der Waals surface area contributed by atoms with Gasteiger partial charge < -0.3 is 4.74 Å². The smallest absolute Gasteiger partial charge is 0.264 e. The number of anilines is 2. The van der Waals surface area contributed by atoms with Crippen LogP contribution < -0.4 is 13.8 Å². The fourth-order valence-electron chi connectivity index (χ4n) is 3.93. The van der Waals surface area contributed by atoms with Gasteiger partial charge in [0.2, 0.25) is 0 Å². The van der Waals surface area contributed by atoms with Crippen LogP contribution in [0.25, 0.3) is 0 Å². The van der Waals surface area contributed by atoms with Crippen LogP contribution in [0.3, 0.4) is 0 Å². The van der Waals surface area contributed by atoms with Crippen molar-refractivity contribution in [2.75, 3.05) is 22.7 Å². The normalized spacial score (nSPS) is 11.8. The van der Waals surface area contributed by atoms with Crippen LogP contribution in [0.4, 0.5) is 11.4 Å². The van der Waals surface area contributed by atoms with Gasteiger partial charge in [-0.15, -0.1) is 0 Å². The van der Waals surface area contributed by atoms with E-state index in [1.165, 1.54) is 29.6 Å². The first-order chi connectivity index (χ1) is 15.5. The minimum absolute atomic E-state index is 0.0436. The zero-order valence-corrected chi connectivity index (χ0v) is 20.9. The largest absolute Gasteiger partial charge is 0.495 e. The highest BCUT2D eigenvalue weighted by atomic mass is 32.2. The van der Waals surface area contributed by atoms with Gasteiger partial charge in [-0.05, 0) is 69.2 Å². The van der Waals surface area contributed by atoms with Crippen LogP contribution in [0.1, 0.15) is 23.6 Å². The lowest BCUT2D eigenvalue weighted by molar-refractivity contribution is 0.416. The van der Waals surface area contributed by atoms with Crippen LogP contribution in [0.2, 0.25) is 0 Å². The van der Waals surface area contributed by atoms with Gasteiger partial charge in [-0.25, -0.2) is 16.8 Å². The van der Waals surface area contributed by atoms with E-state index in [2.05, 4.69) is 4.72 Å². The van der Waals surface area contributed by atoms with Gasteiger partial charge in [0.05, 0.1) is 28.3 Å². The molecule has 9 heteroatoms. The van der Waals surface area contributed by atoms with E-state index in [9.17, 15) is 16.8 Å². The number of methoxy groups -OCH3 is 1. The van der Waals surface area contributed by atoms with E-state index < -0.39 is 20.0 Å². The van der Waals surface area contributed by atoms with Gasteiger partial charge >= 0.3 is 0 Å². The van der Waals surface area contributed by atoms with Crippen molar-refractivity contribution in [1.29, 1.82) is 0 Å². The van der Waals surface area contributed by atoms with E-state index in [1.807, 2.05) is 6.92 Å². The molecule has 7 nitrogen and oxygen atoms in total. The maximum Gasteiger partial charge on any atom is 0.264 e. The van der Waals surface area contributed by atoms with Crippen molar-refractivity contribution >= 4 is 31.4 Å². The van der Waals surface area contributed by atoms with Crippen molar-refractivity contribution < 1.29 is 21.6 Å². The molecule has 33 heavy (non-hydrogen) atoms. The second-order valence-electron chi connectivity index (χ2n) is 7.70. The Labute approximate surface area is 196 Å². The van der Waals surface area contributed by atoms with Crippen LogP contribution in [0.15, 0.2) is 70.5 Å². The summed E-state index contributed by atoms with van der Waals surface area (Å²) in [4.78, 5) is 0.104. The Morgan fingerprint density at radius 2 is 1.48 bits per heavy atom. The van der Waals surface area contributed by atoms with Gasteiger partial charge in [-0.1, -0.05) is 35.9 Å². The summed E-state index contributed by atoms with van der Waals surface area (Å²) >= 11 is 0. The van der Waals surface area contributed by atoms with E-state index in [-0.39, 0.29) is 27.8 Å². The van der Waals surface area contributed by atoms with E-state index in [4.69, 9.17) is 4.74 Å². The fraction of sp³-hybridized carbons (Fsp3) is 0.250. The predicted molar refractivity (Wildman–Crippen MR) is 131 cm³/mol. The number of sulfonamides is 2. The molecule has 3 aromatic rings. The topological polar surface area (TPSA) is 92.8 Å². The Morgan fingerprint density at radius 1 is 0.879 bits per heavy atom. The predicted octanol–water partition coefficient (Wildman–Crippen LogP) is 4.64. The van der Waals surface area contributed by atoms with E-state index in [0.29, 0.717) is 16.8 Å². The molecule has 0 saturated carbocycles. The highest BCUT2D eigenvalue weighted by Gasteiger charge is 2.27. The van der Waals surface area contributed by atoms with Crippen molar-refractivity contribution in [1.82, 2.24) is 0 Å². The Hall–Kier alpha value is -3.04. The monoisotopic (exact) mass is 488 g/mol. The number of rotatable bonds is 8.